The van der Waals surface area contributed by atoms with Crippen LogP contribution >= 0.6 is 11.6 Å². The van der Waals surface area contributed by atoms with Crippen molar-refractivity contribution in [3.05, 3.63) is 94.5 Å². The number of aromatic nitrogens is 3. The van der Waals surface area contributed by atoms with Gasteiger partial charge < -0.3 is 29.6 Å². The molecule has 0 aliphatic carbocycles. The molecule has 3 aromatic carbocycles. The van der Waals surface area contributed by atoms with Gasteiger partial charge in [-0.15, -0.1) is 10.2 Å². The summed E-state index contributed by atoms with van der Waals surface area (Å²) in [5, 5.41) is 15.0. The predicted molar refractivity (Wildman–Crippen MR) is 183 cm³/mol. The summed E-state index contributed by atoms with van der Waals surface area (Å²) in [4.78, 5) is 30.2. The minimum Gasteiger partial charge on any atom is -0.497 e. The standard InChI is InChI=1S/C35H39ClN6O6/c1-22-40-41-33-29(39-32(23-6-8-24(36)9-7-23)28-20-27(45-5)14-15-30(28)42(22)33)21-31(43)38-25-10-12-26(13-11-25)47-19-18-46-17-16-37-34(44)48-35(2,3)4/h6-15,20,29H,16-19,21H2,1-5H3,(H,37,44)(H,38,43)/t29-/m1/s1. The lowest BCUT2D eigenvalue weighted by Gasteiger charge is -2.19. The molecule has 48 heavy (non-hydrogen) atoms. The summed E-state index contributed by atoms with van der Waals surface area (Å²) in [6, 6.07) is 19.6. The molecule has 0 bridgehead atoms. The van der Waals surface area contributed by atoms with Gasteiger partial charge >= 0.3 is 6.09 Å². The third kappa shape index (κ3) is 8.90. The van der Waals surface area contributed by atoms with Crippen molar-refractivity contribution in [3.63, 3.8) is 0 Å². The van der Waals surface area contributed by atoms with Crippen molar-refractivity contribution in [2.45, 2.75) is 45.8 Å². The topological polar surface area (TPSA) is 138 Å². The fourth-order valence-corrected chi connectivity index (χ4v) is 5.18. The first-order valence-corrected chi connectivity index (χ1v) is 15.9. The highest BCUT2D eigenvalue weighted by atomic mass is 35.5. The second-order valence-electron chi connectivity index (χ2n) is 12.0. The number of aliphatic imine (C=N–C) groups is 1. The van der Waals surface area contributed by atoms with Crippen LogP contribution in [-0.4, -0.2) is 71.6 Å². The van der Waals surface area contributed by atoms with E-state index in [1.165, 1.54) is 0 Å². The van der Waals surface area contributed by atoms with Gasteiger partial charge in [0.1, 0.15) is 35.6 Å². The Kier molecular flexibility index (Phi) is 11.0. The number of ether oxygens (including phenoxy) is 4. The number of methoxy groups -OCH3 is 1. The molecule has 252 valence electrons. The van der Waals surface area contributed by atoms with E-state index in [4.69, 9.17) is 35.5 Å². The molecule has 1 aliphatic rings. The number of halogens is 1. The molecule has 13 heteroatoms. The van der Waals surface area contributed by atoms with E-state index in [1.807, 2.05) is 54.0 Å². The SMILES string of the molecule is COc1ccc2c(c1)C(c1ccc(Cl)cc1)=N[C@H](CC(=O)Nc1ccc(OCCOCCNC(=O)OC(C)(C)C)cc1)c1nnc(C)n1-2. The maximum Gasteiger partial charge on any atom is 0.407 e. The number of carbonyl (C=O) groups excluding carboxylic acids is 2. The zero-order chi connectivity index (χ0) is 34.3. The van der Waals surface area contributed by atoms with Crippen LogP contribution in [0.5, 0.6) is 11.5 Å². The van der Waals surface area contributed by atoms with Crippen molar-refractivity contribution < 1.29 is 28.5 Å². The van der Waals surface area contributed by atoms with Crippen molar-refractivity contribution in [1.82, 2.24) is 20.1 Å². The highest BCUT2D eigenvalue weighted by Crippen LogP contribution is 2.34. The first kappa shape index (κ1) is 34.4. The van der Waals surface area contributed by atoms with Crippen LogP contribution in [0, 0.1) is 6.92 Å². The number of nitrogens with zero attached hydrogens (tertiary/aromatic N) is 4. The first-order valence-electron chi connectivity index (χ1n) is 15.5. The Bertz CT molecular complexity index is 1770. The summed E-state index contributed by atoms with van der Waals surface area (Å²) in [6.45, 7) is 8.61. The number of amides is 2. The third-order valence-electron chi connectivity index (χ3n) is 7.18. The number of rotatable bonds is 12. The summed E-state index contributed by atoms with van der Waals surface area (Å²) in [7, 11) is 1.62. The lowest BCUT2D eigenvalue weighted by molar-refractivity contribution is -0.116. The maximum atomic E-state index is 13.4. The van der Waals surface area contributed by atoms with Gasteiger partial charge in [-0.2, -0.15) is 0 Å². The number of anilines is 1. The number of hydrogen-bond donors (Lipinski definition) is 2. The molecule has 1 atom stereocenters. The first-order chi connectivity index (χ1) is 23.0. The Morgan fingerprint density at radius 1 is 0.938 bits per heavy atom. The number of fused-ring (bicyclic) bond motifs is 3. The van der Waals surface area contributed by atoms with E-state index in [0.717, 1.165) is 16.8 Å². The van der Waals surface area contributed by atoms with Gasteiger partial charge in [0.25, 0.3) is 0 Å². The Hall–Kier alpha value is -4.94. The quantitative estimate of drug-likeness (QED) is 0.173. The van der Waals surface area contributed by atoms with Crippen LogP contribution in [0.25, 0.3) is 5.69 Å². The molecule has 5 rings (SSSR count). The van der Waals surface area contributed by atoms with Gasteiger partial charge in [0.2, 0.25) is 5.91 Å². The molecular weight excluding hydrogens is 636 g/mol. The molecule has 0 radical (unpaired) electrons. The molecule has 12 nitrogen and oxygen atoms in total. The van der Waals surface area contributed by atoms with Crippen molar-refractivity contribution >= 4 is 35.0 Å². The second-order valence-corrected chi connectivity index (χ2v) is 12.4. The van der Waals surface area contributed by atoms with Crippen LogP contribution in [0.15, 0.2) is 71.7 Å². The number of nitrogens with one attached hydrogen (secondary N) is 2. The Labute approximate surface area is 284 Å². The minimum atomic E-state index is -0.628. The average molecular weight is 675 g/mol. The van der Waals surface area contributed by atoms with E-state index in [9.17, 15) is 9.59 Å². The summed E-state index contributed by atoms with van der Waals surface area (Å²) in [6.07, 6.45) is -0.456. The average Bonchev–Trinajstić information content (AvgIpc) is 3.37. The Morgan fingerprint density at radius 2 is 1.67 bits per heavy atom. The fourth-order valence-electron chi connectivity index (χ4n) is 5.06. The summed E-state index contributed by atoms with van der Waals surface area (Å²) >= 11 is 6.20. The molecule has 0 fully saturated rings. The molecule has 0 saturated heterocycles. The highest BCUT2D eigenvalue weighted by Gasteiger charge is 2.30. The van der Waals surface area contributed by atoms with E-state index in [0.29, 0.717) is 65.9 Å². The normalized spacial score (nSPS) is 13.8. The van der Waals surface area contributed by atoms with Crippen molar-refractivity contribution in [3.8, 4) is 17.2 Å². The van der Waals surface area contributed by atoms with Crippen molar-refractivity contribution in [2.75, 3.05) is 38.8 Å². The molecular formula is C35H39ClN6O6. The molecule has 1 aromatic heterocycles. The lowest BCUT2D eigenvalue weighted by atomic mass is 10.00. The zero-order valence-corrected chi connectivity index (χ0v) is 28.3. The fraction of sp³-hybridized carbons (Fsp3) is 0.343. The van der Waals surface area contributed by atoms with Gasteiger partial charge in [0.05, 0.1) is 38.1 Å². The molecule has 2 N–H and O–H groups in total. The van der Waals surface area contributed by atoms with Crippen LogP contribution in [0.3, 0.4) is 0 Å². The van der Waals surface area contributed by atoms with Crippen LogP contribution in [-0.2, 0) is 14.3 Å². The Balaban J connectivity index is 1.21. The second kappa shape index (κ2) is 15.3. The number of alkyl carbamates (subject to hydrolysis) is 1. The maximum absolute atomic E-state index is 13.4. The minimum absolute atomic E-state index is 0.0265. The van der Waals surface area contributed by atoms with Gasteiger partial charge in [0, 0.05) is 28.4 Å². The number of carbonyl (C=O) groups is 2. The van der Waals surface area contributed by atoms with Crippen molar-refractivity contribution in [2.24, 2.45) is 4.99 Å². The summed E-state index contributed by atoms with van der Waals surface area (Å²) in [5.41, 5.74) is 3.25. The van der Waals surface area contributed by atoms with E-state index >= 15 is 0 Å². The highest BCUT2D eigenvalue weighted by molar-refractivity contribution is 6.30. The summed E-state index contributed by atoms with van der Waals surface area (Å²) < 4.78 is 23.9. The molecule has 1 aliphatic heterocycles. The van der Waals surface area contributed by atoms with Gasteiger partial charge in [-0.05, 0) is 82.3 Å². The van der Waals surface area contributed by atoms with E-state index < -0.39 is 17.7 Å². The molecule has 4 aromatic rings. The van der Waals surface area contributed by atoms with Crippen LogP contribution in [0.2, 0.25) is 5.02 Å². The Morgan fingerprint density at radius 3 is 2.38 bits per heavy atom. The van der Waals surface area contributed by atoms with Gasteiger partial charge in [-0.3, -0.25) is 14.4 Å². The molecule has 0 unspecified atom stereocenters. The third-order valence-corrected chi connectivity index (χ3v) is 7.43. The predicted octanol–water partition coefficient (Wildman–Crippen LogP) is 6.08. The zero-order valence-electron chi connectivity index (χ0n) is 27.6. The molecule has 2 heterocycles. The molecule has 0 saturated carbocycles. The number of benzene rings is 3. The lowest BCUT2D eigenvalue weighted by Crippen LogP contribution is -2.34. The molecule has 2 amide bonds. The largest absolute Gasteiger partial charge is 0.497 e. The van der Waals surface area contributed by atoms with Crippen LogP contribution < -0.4 is 20.1 Å². The van der Waals surface area contributed by atoms with E-state index in [-0.39, 0.29) is 12.3 Å². The van der Waals surface area contributed by atoms with E-state index in [1.54, 1.807) is 52.1 Å². The monoisotopic (exact) mass is 674 g/mol. The number of hydrogen-bond acceptors (Lipinski definition) is 9. The smallest absolute Gasteiger partial charge is 0.407 e. The van der Waals surface area contributed by atoms with Gasteiger partial charge in [0.15, 0.2) is 5.82 Å². The van der Waals surface area contributed by atoms with Crippen LogP contribution in [0.4, 0.5) is 10.5 Å². The van der Waals surface area contributed by atoms with Gasteiger partial charge in [-0.25, -0.2) is 4.79 Å². The summed E-state index contributed by atoms with van der Waals surface area (Å²) in [5.74, 6) is 2.29. The molecule has 0 spiro atoms. The van der Waals surface area contributed by atoms with Crippen LogP contribution in [0.1, 0.15) is 56.0 Å². The number of aryl methyl sites for hydroxylation is 1. The van der Waals surface area contributed by atoms with Crippen molar-refractivity contribution in [1.29, 1.82) is 0 Å². The van der Waals surface area contributed by atoms with Gasteiger partial charge in [-0.1, -0.05) is 23.7 Å². The van der Waals surface area contributed by atoms with E-state index in [2.05, 4.69) is 20.8 Å².